The van der Waals surface area contributed by atoms with E-state index in [0.29, 0.717) is 11.6 Å². The van der Waals surface area contributed by atoms with Gasteiger partial charge >= 0.3 is 5.22 Å². The molecule has 3 aromatic rings. The second-order valence-electron chi connectivity index (χ2n) is 6.55. The minimum atomic E-state index is -1.39. The monoisotopic (exact) mass is 341 g/mol. The van der Waals surface area contributed by atoms with E-state index in [-0.39, 0.29) is 10.6 Å². The summed E-state index contributed by atoms with van der Waals surface area (Å²) >= 11 is 0. The van der Waals surface area contributed by atoms with Crippen LogP contribution < -0.4 is 0 Å². The van der Waals surface area contributed by atoms with Gasteiger partial charge in [-0.3, -0.25) is 4.98 Å². The van der Waals surface area contributed by atoms with Crippen molar-refractivity contribution in [2.45, 2.75) is 37.2 Å². The first-order valence-electron chi connectivity index (χ1n) is 7.65. The number of nitrogens with zero attached hydrogens (tertiary/aromatic N) is 3. The zero-order chi connectivity index (χ0) is 17.2. The Morgan fingerprint density at radius 3 is 2.46 bits per heavy atom. The normalized spacial score (nSPS) is 13.0. The molecule has 1 atom stereocenters. The lowest BCUT2D eigenvalue weighted by Crippen LogP contribution is -2.10. The fourth-order valence-electron chi connectivity index (χ4n) is 2.23. The van der Waals surface area contributed by atoms with E-state index in [4.69, 9.17) is 4.42 Å². The van der Waals surface area contributed by atoms with Crippen molar-refractivity contribution >= 4 is 10.8 Å². The SMILES string of the molecule is CC(C)(C)c1ccc(-c2nnc(S(=O)Cc3cccnc3)o2)cc1. The van der Waals surface area contributed by atoms with Gasteiger partial charge in [-0.2, -0.15) is 0 Å². The van der Waals surface area contributed by atoms with Crippen molar-refractivity contribution in [3.8, 4) is 11.5 Å². The lowest BCUT2D eigenvalue weighted by molar-refractivity contribution is 0.455. The average Bonchev–Trinajstić information content (AvgIpc) is 3.05. The molecular formula is C18H19N3O2S. The summed E-state index contributed by atoms with van der Waals surface area (Å²) in [5.74, 6) is 0.684. The van der Waals surface area contributed by atoms with Gasteiger partial charge in [0.1, 0.15) is 10.8 Å². The van der Waals surface area contributed by atoms with Gasteiger partial charge in [0, 0.05) is 18.0 Å². The molecule has 0 N–H and O–H groups in total. The minimum absolute atomic E-state index is 0.0871. The summed E-state index contributed by atoms with van der Waals surface area (Å²) in [5.41, 5.74) is 3.00. The predicted molar refractivity (Wildman–Crippen MR) is 92.8 cm³/mol. The maximum absolute atomic E-state index is 12.3. The second-order valence-corrected chi connectivity index (χ2v) is 7.88. The van der Waals surface area contributed by atoms with Crippen LogP contribution in [0, 0.1) is 0 Å². The predicted octanol–water partition coefficient (Wildman–Crippen LogP) is 3.74. The van der Waals surface area contributed by atoms with E-state index < -0.39 is 10.8 Å². The highest BCUT2D eigenvalue weighted by Crippen LogP contribution is 2.26. The van der Waals surface area contributed by atoms with Crippen molar-refractivity contribution in [1.29, 1.82) is 0 Å². The van der Waals surface area contributed by atoms with Crippen molar-refractivity contribution in [2.75, 3.05) is 0 Å². The molecule has 0 bridgehead atoms. The zero-order valence-corrected chi connectivity index (χ0v) is 14.7. The molecule has 124 valence electrons. The van der Waals surface area contributed by atoms with Gasteiger partial charge in [0.25, 0.3) is 0 Å². The summed E-state index contributed by atoms with van der Waals surface area (Å²) in [5, 5.41) is 8.07. The number of hydrogen-bond acceptors (Lipinski definition) is 5. The summed E-state index contributed by atoms with van der Waals surface area (Å²) in [6.45, 7) is 6.48. The molecule has 5 nitrogen and oxygen atoms in total. The fraction of sp³-hybridized carbons (Fsp3) is 0.278. The zero-order valence-electron chi connectivity index (χ0n) is 13.9. The number of benzene rings is 1. The highest BCUT2D eigenvalue weighted by molar-refractivity contribution is 7.84. The summed E-state index contributed by atoms with van der Waals surface area (Å²) in [7, 11) is -1.39. The van der Waals surface area contributed by atoms with Crippen LogP contribution in [-0.2, 0) is 22.0 Å². The first kappa shape index (κ1) is 16.5. The number of pyridine rings is 1. The quantitative estimate of drug-likeness (QED) is 0.723. The van der Waals surface area contributed by atoms with E-state index in [1.165, 1.54) is 5.56 Å². The summed E-state index contributed by atoms with van der Waals surface area (Å²) in [6, 6.07) is 11.7. The van der Waals surface area contributed by atoms with E-state index in [2.05, 4.69) is 36.0 Å². The summed E-state index contributed by atoms with van der Waals surface area (Å²) in [4.78, 5) is 4.01. The third-order valence-corrected chi connectivity index (χ3v) is 4.77. The standard InChI is InChI=1S/C18H19N3O2S/c1-18(2,3)15-8-6-14(7-9-15)16-20-21-17(23-16)24(22)12-13-5-4-10-19-11-13/h4-11H,12H2,1-3H3. The number of aromatic nitrogens is 3. The molecule has 1 aromatic carbocycles. The number of rotatable bonds is 4. The Hall–Kier alpha value is -2.34. The van der Waals surface area contributed by atoms with Gasteiger partial charge in [-0.1, -0.05) is 44.1 Å². The molecule has 0 saturated heterocycles. The van der Waals surface area contributed by atoms with Crippen LogP contribution in [0.15, 0.2) is 58.4 Å². The summed E-state index contributed by atoms with van der Waals surface area (Å²) in [6.07, 6.45) is 3.36. The Morgan fingerprint density at radius 1 is 1.08 bits per heavy atom. The van der Waals surface area contributed by atoms with Crippen LogP contribution in [-0.4, -0.2) is 19.4 Å². The van der Waals surface area contributed by atoms with Crippen molar-refractivity contribution in [1.82, 2.24) is 15.2 Å². The van der Waals surface area contributed by atoms with E-state index in [9.17, 15) is 4.21 Å². The van der Waals surface area contributed by atoms with Crippen LogP contribution in [0.5, 0.6) is 0 Å². The van der Waals surface area contributed by atoms with Crippen LogP contribution in [0.25, 0.3) is 11.5 Å². The molecule has 0 radical (unpaired) electrons. The molecule has 0 aliphatic rings. The Labute approximate surface area is 143 Å². The molecule has 0 aliphatic heterocycles. The topological polar surface area (TPSA) is 68.9 Å². The molecule has 0 spiro atoms. The first-order valence-corrected chi connectivity index (χ1v) is 8.97. The average molecular weight is 341 g/mol. The van der Waals surface area contributed by atoms with Gasteiger partial charge in [0.15, 0.2) is 0 Å². The largest absolute Gasteiger partial charge is 0.410 e. The maximum atomic E-state index is 12.3. The van der Waals surface area contributed by atoms with Crippen molar-refractivity contribution in [3.63, 3.8) is 0 Å². The molecule has 6 heteroatoms. The molecule has 1 unspecified atom stereocenters. The molecule has 0 fully saturated rings. The van der Waals surface area contributed by atoms with Crippen molar-refractivity contribution in [2.24, 2.45) is 0 Å². The van der Waals surface area contributed by atoms with Crippen LogP contribution in [0.4, 0.5) is 0 Å². The Kier molecular flexibility index (Phi) is 4.57. The Bertz CT molecular complexity index is 837. The third kappa shape index (κ3) is 3.76. The van der Waals surface area contributed by atoms with Crippen LogP contribution in [0.1, 0.15) is 31.9 Å². The minimum Gasteiger partial charge on any atom is -0.410 e. The smallest absolute Gasteiger partial charge is 0.308 e. The van der Waals surface area contributed by atoms with Crippen LogP contribution >= 0.6 is 0 Å². The van der Waals surface area contributed by atoms with Gasteiger partial charge in [-0.25, -0.2) is 4.21 Å². The Balaban J connectivity index is 1.77. The third-order valence-electron chi connectivity index (χ3n) is 3.62. The number of hydrogen-bond donors (Lipinski definition) is 0. The van der Waals surface area contributed by atoms with Gasteiger partial charge in [0.2, 0.25) is 5.89 Å². The van der Waals surface area contributed by atoms with Gasteiger partial charge < -0.3 is 4.42 Å². The lowest BCUT2D eigenvalue weighted by atomic mass is 9.87. The van der Waals surface area contributed by atoms with Gasteiger partial charge in [-0.15, -0.1) is 5.10 Å². The molecule has 24 heavy (non-hydrogen) atoms. The second kappa shape index (κ2) is 6.65. The van der Waals surface area contributed by atoms with Crippen LogP contribution in [0.2, 0.25) is 0 Å². The first-order chi connectivity index (χ1) is 11.4. The van der Waals surface area contributed by atoms with E-state index in [1.54, 1.807) is 12.4 Å². The van der Waals surface area contributed by atoms with E-state index >= 15 is 0 Å². The highest BCUT2D eigenvalue weighted by atomic mass is 32.2. The molecule has 0 amide bonds. The highest BCUT2D eigenvalue weighted by Gasteiger charge is 2.17. The van der Waals surface area contributed by atoms with Crippen LogP contribution in [0.3, 0.4) is 0 Å². The lowest BCUT2D eigenvalue weighted by Gasteiger charge is -2.18. The van der Waals surface area contributed by atoms with Crippen molar-refractivity contribution in [3.05, 3.63) is 59.9 Å². The molecular weight excluding hydrogens is 322 g/mol. The van der Waals surface area contributed by atoms with E-state index in [0.717, 1.165) is 11.1 Å². The van der Waals surface area contributed by atoms with Gasteiger partial charge in [0.05, 0.1) is 5.75 Å². The fourth-order valence-corrected chi connectivity index (χ4v) is 3.13. The molecule has 0 aliphatic carbocycles. The maximum Gasteiger partial charge on any atom is 0.308 e. The Morgan fingerprint density at radius 2 is 1.83 bits per heavy atom. The molecule has 0 saturated carbocycles. The van der Waals surface area contributed by atoms with Crippen molar-refractivity contribution < 1.29 is 8.63 Å². The molecule has 2 heterocycles. The van der Waals surface area contributed by atoms with Gasteiger partial charge in [-0.05, 0) is 34.7 Å². The van der Waals surface area contributed by atoms with E-state index in [1.807, 2.05) is 36.4 Å². The summed E-state index contributed by atoms with van der Waals surface area (Å²) < 4.78 is 17.9. The molecule has 2 aromatic heterocycles. The molecule has 3 rings (SSSR count).